The normalized spacial score (nSPS) is 16.3. The van der Waals surface area contributed by atoms with Gasteiger partial charge in [0, 0.05) is 6.42 Å². The van der Waals surface area contributed by atoms with Crippen molar-refractivity contribution in [2.75, 3.05) is 12.1 Å². The number of amides is 2. The Hall–Kier alpha value is -4.12. The van der Waals surface area contributed by atoms with E-state index in [9.17, 15) is 19.2 Å². The first-order valence-corrected chi connectivity index (χ1v) is 11.1. The molecule has 1 aliphatic rings. The molecule has 1 unspecified atom stereocenters. The minimum absolute atomic E-state index is 0.0365. The van der Waals surface area contributed by atoms with Gasteiger partial charge in [0.25, 0.3) is 11.8 Å². The molecule has 2 aromatic carbocycles. The van der Waals surface area contributed by atoms with E-state index in [1.165, 1.54) is 16.3 Å². The average molecular weight is 480 g/mol. The van der Waals surface area contributed by atoms with E-state index in [2.05, 4.69) is 15.4 Å². The molecule has 3 N–H and O–H groups in total. The summed E-state index contributed by atoms with van der Waals surface area (Å²) in [5.41, 5.74) is 6.20. The number of rotatable bonds is 8. The molecule has 3 aromatic rings. The monoisotopic (exact) mass is 479 g/mol. The number of nitrogens with zero attached hydrogens (tertiary/aromatic N) is 3. The number of nitrogens with two attached hydrogens (primary N) is 1. The molecule has 0 aliphatic carbocycles. The van der Waals surface area contributed by atoms with Crippen molar-refractivity contribution in [3.63, 3.8) is 0 Å². The third-order valence-corrected chi connectivity index (χ3v) is 6.34. The van der Waals surface area contributed by atoms with Crippen molar-refractivity contribution in [2.24, 2.45) is 10.8 Å². The number of carbonyl (C=O) groups is 4. The van der Waals surface area contributed by atoms with Crippen LogP contribution in [0.1, 0.15) is 12.5 Å². The molecule has 2 heterocycles. The van der Waals surface area contributed by atoms with E-state index < -0.39 is 35.5 Å². The maximum atomic E-state index is 12.9. The van der Waals surface area contributed by atoms with Crippen molar-refractivity contribution in [3.05, 3.63) is 54.1 Å². The summed E-state index contributed by atoms with van der Waals surface area (Å²) in [5, 5.41) is 8.46. The minimum Gasteiger partial charge on any atom is -0.497 e. The van der Waals surface area contributed by atoms with Crippen molar-refractivity contribution < 1.29 is 23.9 Å². The average Bonchev–Trinajstić information content (AvgIpc) is 3.38. The van der Waals surface area contributed by atoms with Crippen LogP contribution in [0.5, 0.6) is 5.75 Å². The van der Waals surface area contributed by atoms with Gasteiger partial charge in [0.1, 0.15) is 17.8 Å². The number of ketones is 2. The highest BCUT2D eigenvalue weighted by molar-refractivity contribution is 7.22. The van der Waals surface area contributed by atoms with Crippen LogP contribution in [0.25, 0.3) is 10.2 Å². The summed E-state index contributed by atoms with van der Waals surface area (Å²) in [6, 6.07) is 12.2. The smallest absolute Gasteiger partial charge is 0.287 e. The highest BCUT2D eigenvalue weighted by Gasteiger charge is 2.39. The SMILES string of the molecule is COc1ccc2nc(N3N=C(C(=O)NC(Cc4ccccc4)C(=O)C(N)=O)C(=O)[C@@H]3C)sc2c1. The number of thiazole rings is 1. The van der Waals surface area contributed by atoms with Crippen LogP contribution in [0.4, 0.5) is 5.13 Å². The second-order valence-electron chi connectivity index (χ2n) is 7.61. The number of methoxy groups -OCH3 is 1. The molecule has 0 fully saturated rings. The van der Waals surface area contributed by atoms with Gasteiger partial charge in [0.05, 0.1) is 17.3 Å². The van der Waals surface area contributed by atoms with Gasteiger partial charge in [0.15, 0.2) is 5.71 Å². The van der Waals surface area contributed by atoms with E-state index in [0.717, 1.165) is 4.70 Å². The Morgan fingerprint density at radius 3 is 2.62 bits per heavy atom. The molecule has 0 spiro atoms. The predicted molar refractivity (Wildman–Crippen MR) is 127 cm³/mol. The van der Waals surface area contributed by atoms with Crippen LogP contribution in [-0.4, -0.2) is 53.3 Å². The van der Waals surface area contributed by atoms with Crippen LogP contribution >= 0.6 is 11.3 Å². The van der Waals surface area contributed by atoms with E-state index in [1.807, 2.05) is 6.07 Å². The largest absolute Gasteiger partial charge is 0.497 e. The zero-order chi connectivity index (χ0) is 24.4. The molecule has 10 nitrogen and oxygen atoms in total. The molecule has 2 amide bonds. The molecule has 34 heavy (non-hydrogen) atoms. The maximum Gasteiger partial charge on any atom is 0.287 e. The summed E-state index contributed by atoms with van der Waals surface area (Å²) in [7, 11) is 1.56. The van der Waals surface area contributed by atoms with Gasteiger partial charge >= 0.3 is 0 Å². The molecule has 4 rings (SSSR count). The number of nitrogens with one attached hydrogen (secondary N) is 1. The number of primary amides is 1. The Morgan fingerprint density at radius 1 is 1.21 bits per heavy atom. The number of anilines is 1. The number of hydrazone groups is 1. The number of hydrogen-bond donors (Lipinski definition) is 2. The Bertz CT molecular complexity index is 1320. The lowest BCUT2D eigenvalue weighted by Crippen LogP contribution is -2.50. The Morgan fingerprint density at radius 2 is 1.94 bits per heavy atom. The van der Waals surface area contributed by atoms with Gasteiger partial charge in [0.2, 0.25) is 16.7 Å². The molecule has 1 aliphatic heterocycles. The van der Waals surface area contributed by atoms with Crippen LogP contribution in [0.3, 0.4) is 0 Å². The zero-order valence-corrected chi connectivity index (χ0v) is 19.2. The van der Waals surface area contributed by atoms with Crippen molar-refractivity contribution in [1.29, 1.82) is 0 Å². The van der Waals surface area contributed by atoms with Crippen LogP contribution in [0, 0.1) is 0 Å². The zero-order valence-electron chi connectivity index (χ0n) is 18.3. The van der Waals surface area contributed by atoms with Crippen LogP contribution < -0.4 is 20.8 Å². The van der Waals surface area contributed by atoms with Gasteiger partial charge in [-0.25, -0.2) is 9.99 Å². The van der Waals surface area contributed by atoms with Gasteiger partial charge in [-0.1, -0.05) is 41.7 Å². The molecular weight excluding hydrogens is 458 g/mol. The van der Waals surface area contributed by atoms with E-state index >= 15 is 0 Å². The molecule has 11 heteroatoms. The van der Waals surface area contributed by atoms with Crippen molar-refractivity contribution in [2.45, 2.75) is 25.4 Å². The van der Waals surface area contributed by atoms with Crippen molar-refractivity contribution in [3.8, 4) is 5.75 Å². The third-order valence-electron chi connectivity index (χ3n) is 5.33. The van der Waals surface area contributed by atoms with Crippen molar-refractivity contribution >= 4 is 55.8 Å². The predicted octanol–water partition coefficient (Wildman–Crippen LogP) is 1.22. The van der Waals surface area contributed by atoms with Gasteiger partial charge in [-0.2, -0.15) is 5.10 Å². The number of carbonyl (C=O) groups excluding carboxylic acids is 4. The first-order valence-electron chi connectivity index (χ1n) is 10.3. The fourth-order valence-corrected chi connectivity index (χ4v) is 4.52. The van der Waals surface area contributed by atoms with Gasteiger partial charge in [-0.15, -0.1) is 0 Å². The van der Waals surface area contributed by atoms with Crippen molar-refractivity contribution in [1.82, 2.24) is 10.3 Å². The molecule has 1 aromatic heterocycles. The summed E-state index contributed by atoms with van der Waals surface area (Å²) in [5.74, 6) is -2.87. The second kappa shape index (κ2) is 9.40. The maximum absolute atomic E-state index is 12.9. The molecular formula is C23H21N5O5S. The summed E-state index contributed by atoms with van der Waals surface area (Å²) in [6.45, 7) is 1.61. The Labute approximate surface area is 198 Å². The number of Topliss-reactive ketones (excluding diaryl/α,β-unsaturated/α-hetero) is 2. The molecule has 0 saturated heterocycles. The number of ether oxygens (including phenoxy) is 1. The van der Waals surface area contributed by atoms with Crippen LogP contribution in [0.2, 0.25) is 0 Å². The molecule has 0 saturated carbocycles. The molecule has 174 valence electrons. The highest BCUT2D eigenvalue weighted by atomic mass is 32.1. The first-order chi connectivity index (χ1) is 16.3. The summed E-state index contributed by atoms with van der Waals surface area (Å²) in [4.78, 5) is 54.1. The van der Waals surface area contributed by atoms with E-state index in [0.29, 0.717) is 22.0 Å². The topological polar surface area (TPSA) is 144 Å². The highest BCUT2D eigenvalue weighted by Crippen LogP contribution is 2.34. The fraction of sp³-hybridized carbons (Fsp3) is 0.217. The van der Waals surface area contributed by atoms with Gasteiger partial charge < -0.3 is 15.8 Å². The van der Waals surface area contributed by atoms with Gasteiger partial charge in [-0.3, -0.25) is 19.2 Å². The van der Waals surface area contributed by atoms with Crippen LogP contribution in [0.15, 0.2) is 53.6 Å². The van der Waals surface area contributed by atoms with Gasteiger partial charge in [-0.05, 0) is 30.7 Å². The third kappa shape index (κ3) is 4.50. The number of aromatic nitrogens is 1. The quantitative estimate of drug-likeness (QED) is 0.462. The summed E-state index contributed by atoms with van der Waals surface area (Å²) >= 11 is 1.30. The summed E-state index contributed by atoms with van der Waals surface area (Å²) in [6.07, 6.45) is 0.0365. The molecule has 2 atom stereocenters. The lowest BCUT2D eigenvalue weighted by molar-refractivity contribution is -0.137. The lowest BCUT2D eigenvalue weighted by atomic mass is 10.0. The number of hydrogen-bond acceptors (Lipinski definition) is 9. The Balaban J connectivity index is 1.58. The number of fused-ring (bicyclic) bond motifs is 1. The standard InChI is InChI=1S/C23H21N5O5S/c1-12-19(29)18(27-28(12)23-26-15-9-8-14(33-2)11-17(15)34-23)22(32)25-16(20(30)21(24)31)10-13-6-4-3-5-7-13/h3-9,11-12,16H,10H2,1-2H3,(H2,24,31)(H,25,32)/t12-,16?/m0/s1. The lowest BCUT2D eigenvalue weighted by Gasteiger charge is -2.16. The second-order valence-corrected chi connectivity index (χ2v) is 8.62. The molecule has 0 bridgehead atoms. The number of benzene rings is 2. The van der Waals surface area contributed by atoms with E-state index in [-0.39, 0.29) is 12.1 Å². The Kier molecular flexibility index (Phi) is 6.37. The first kappa shape index (κ1) is 23.1. The van der Waals surface area contributed by atoms with Crippen LogP contribution in [-0.2, 0) is 25.6 Å². The fourth-order valence-electron chi connectivity index (χ4n) is 3.49. The van der Waals surface area contributed by atoms with E-state index in [1.54, 1.807) is 56.5 Å². The molecule has 0 radical (unpaired) electrons. The summed E-state index contributed by atoms with van der Waals surface area (Å²) < 4.78 is 6.06. The van der Waals surface area contributed by atoms with E-state index in [4.69, 9.17) is 10.5 Å². The minimum atomic E-state index is -1.23.